The van der Waals surface area contributed by atoms with Crippen LogP contribution in [0.2, 0.25) is 0 Å². The summed E-state index contributed by atoms with van der Waals surface area (Å²) in [4.78, 5) is 0. The summed E-state index contributed by atoms with van der Waals surface area (Å²) in [6.07, 6.45) is 2.21. The molecule has 3 heteroatoms. The Bertz CT molecular complexity index is 366. The molecule has 102 valence electrons. The van der Waals surface area contributed by atoms with Crippen molar-refractivity contribution in [2.75, 3.05) is 6.54 Å². The second-order valence-corrected chi connectivity index (χ2v) is 5.00. The van der Waals surface area contributed by atoms with Gasteiger partial charge in [-0.15, -0.1) is 0 Å². The van der Waals surface area contributed by atoms with Crippen molar-refractivity contribution >= 4 is 0 Å². The molecule has 2 nitrogen and oxygen atoms in total. The molecule has 0 spiro atoms. The monoisotopic (exact) mass is 253 g/mol. The Balaban J connectivity index is 2.61. The largest absolute Gasteiger partial charge is 0.489 e. The van der Waals surface area contributed by atoms with Crippen molar-refractivity contribution < 1.29 is 9.13 Å². The van der Waals surface area contributed by atoms with E-state index in [9.17, 15) is 4.39 Å². The average Bonchev–Trinajstić information content (AvgIpc) is 2.31. The van der Waals surface area contributed by atoms with Gasteiger partial charge in [-0.25, -0.2) is 4.39 Å². The minimum absolute atomic E-state index is 0.141. The maximum Gasteiger partial charge on any atom is 0.126 e. The fourth-order valence-corrected chi connectivity index (χ4v) is 1.77. The van der Waals surface area contributed by atoms with Crippen LogP contribution >= 0.6 is 0 Å². The summed E-state index contributed by atoms with van der Waals surface area (Å²) in [6.45, 7) is 8.95. The van der Waals surface area contributed by atoms with E-state index in [0.717, 1.165) is 25.1 Å². The number of rotatable bonds is 7. The van der Waals surface area contributed by atoms with Crippen molar-refractivity contribution in [3.63, 3.8) is 0 Å². The van der Waals surface area contributed by atoms with Gasteiger partial charge in [0.15, 0.2) is 0 Å². The number of benzene rings is 1. The Labute approximate surface area is 110 Å². The third kappa shape index (κ3) is 5.05. The number of aryl methyl sites for hydroxylation is 1. The van der Waals surface area contributed by atoms with Gasteiger partial charge in [0.25, 0.3) is 0 Å². The highest BCUT2D eigenvalue weighted by atomic mass is 19.1. The van der Waals surface area contributed by atoms with Crippen molar-refractivity contribution in [2.24, 2.45) is 0 Å². The Morgan fingerprint density at radius 3 is 2.61 bits per heavy atom. The van der Waals surface area contributed by atoms with Crippen molar-refractivity contribution in [3.8, 4) is 5.75 Å². The maximum absolute atomic E-state index is 13.2. The highest BCUT2D eigenvalue weighted by molar-refractivity contribution is 5.29. The van der Waals surface area contributed by atoms with Crippen LogP contribution in [-0.4, -0.2) is 18.7 Å². The molecule has 1 aromatic rings. The minimum atomic E-state index is -0.185. The number of ether oxygens (including phenoxy) is 1. The molecule has 0 heterocycles. The summed E-state index contributed by atoms with van der Waals surface area (Å²) in [6, 6.07) is 5.36. The second-order valence-electron chi connectivity index (χ2n) is 5.00. The first-order chi connectivity index (χ1) is 8.52. The zero-order valence-corrected chi connectivity index (χ0v) is 11.8. The van der Waals surface area contributed by atoms with Crippen LogP contribution in [0.5, 0.6) is 5.75 Å². The Morgan fingerprint density at radius 1 is 1.33 bits per heavy atom. The second kappa shape index (κ2) is 7.37. The predicted molar refractivity (Wildman–Crippen MR) is 73.6 cm³/mol. The van der Waals surface area contributed by atoms with Crippen LogP contribution in [0.3, 0.4) is 0 Å². The molecular formula is C15H24FNO. The number of hydrogen-bond donors (Lipinski definition) is 1. The zero-order chi connectivity index (χ0) is 13.5. The van der Waals surface area contributed by atoms with E-state index in [1.807, 2.05) is 0 Å². The molecule has 0 saturated heterocycles. The van der Waals surface area contributed by atoms with Gasteiger partial charge >= 0.3 is 0 Å². The van der Waals surface area contributed by atoms with Gasteiger partial charge in [0.1, 0.15) is 17.7 Å². The van der Waals surface area contributed by atoms with Gasteiger partial charge in [0.05, 0.1) is 0 Å². The van der Waals surface area contributed by atoms with Crippen LogP contribution in [0.15, 0.2) is 18.2 Å². The molecular weight excluding hydrogens is 229 g/mol. The average molecular weight is 253 g/mol. The van der Waals surface area contributed by atoms with E-state index in [1.54, 1.807) is 19.1 Å². The van der Waals surface area contributed by atoms with E-state index in [-0.39, 0.29) is 11.9 Å². The molecule has 0 amide bonds. The molecule has 0 aromatic heterocycles. The van der Waals surface area contributed by atoms with Gasteiger partial charge in [-0.05, 0) is 37.1 Å². The Kier molecular flexibility index (Phi) is 6.13. The standard InChI is InChI=1S/C15H24FNO/c1-5-6-14(10-17-11(2)3)18-13-7-8-15(16)12(4)9-13/h7-9,11,14,17H,5-6,10H2,1-4H3. The number of nitrogens with one attached hydrogen (secondary N) is 1. The number of halogens is 1. The molecule has 1 atom stereocenters. The summed E-state index contributed by atoms with van der Waals surface area (Å²) >= 11 is 0. The fraction of sp³-hybridized carbons (Fsp3) is 0.600. The lowest BCUT2D eigenvalue weighted by molar-refractivity contribution is 0.183. The van der Waals surface area contributed by atoms with E-state index < -0.39 is 0 Å². The SMILES string of the molecule is CCCC(CNC(C)C)Oc1ccc(F)c(C)c1. The molecule has 1 unspecified atom stereocenters. The van der Waals surface area contributed by atoms with E-state index >= 15 is 0 Å². The normalized spacial score (nSPS) is 12.8. The Morgan fingerprint density at radius 2 is 2.06 bits per heavy atom. The number of hydrogen-bond acceptors (Lipinski definition) is 2. The van der Waals surface area contributed by atoms with Gasteiger partial charge in [-0.1, -0.05) is 27.2 Å². The smallest absolute Gasteiger partial charge is 0.126 e. The molecule has 0 saturated carbocycles. The van der Waals surface area contributed by atoms with Gasteiger partial charge in [-0.3, -0.25) is 0 Å². The van der Waals surface area contributed by atoms with Gasteiger partial charge in [-0.2, -0.15) is 0 Å². The summed E-state index contributed by atoms with van der Waals surface area (Å²) in [5.74, 6) is 0.563. The topological polar surface area (TPSA) is 21.3 Å². The maximum atomic E-state index is 13.2. The first-order valence-electron chi connectivity index (χ1n) is 6.69. The van der Waals surface area contributed by atoms with E-state index in [2.05, 4.69) is 26.1 Å². The highest BCUT2D eigenvalue weighted by Gasteiger charge is 2.11. The van der Waals surface area contributed by atoms with Crippen LogP contribution in [0.1, 0.15) is 39.2 Å². The summed E-state index contributed by atoms with van der Waals surface area (Å²) in [5, 5.41) is 3.38. The predicted octanol–water partition coefficient (Wildman–Crippen LogP) is 3.68. The minimum Gasteiger partial charge on any atom is -0.489 e. The van der Waals surface area contributed by atoms with Crippen molar-refractivity contribution in [2.45, 2.75) is 52.7 Å². The van der Waals surface area contributed by atoms with Crippen LogP contribution in [0.25, 0.3) is 0 Å². The van der Waals surface area contributed by atoms with Gasteiger partial charge in [0, 0.05) is 12.6 Å². The first-order valence-corrected chi connectivity index (χ1v) is 6.69. The lowest BCUT2D eigenvalue weighted by Gasteiger charge is -2.21. The zero-order valence-electron chi connectivity index (χ0n) is 11.8. The molecule has 0 aliphatic heterocycles. The van der Waals surface area contributed by atoms with Gasteiger partial charge in [0.2, 0.25) is 0 Å². The van der Waals surface area contributed by atoms with E-state index in [1.165, 1.54) is 6.07 Å². The van der Waals surface area contributed by atoms with Gasteiger partial charge < -0.3 is 10.1 Å². The Hall–Kier alpha value is -1.09. The third-order valence-electron chi connectivity index (χ3n) is 2.80. The van der Waals surface area contributed by atoms with E-state index in [0.29, 0.717) is 11.6 Å². The molecule has 1 aromatic carbocycles. The van der Waals surface area contributed by atoms with Crippen LogP contribution in [-0.2, 0) is 0 Å². The first kappa shape index (κ1) is 15.0. The lowest BCUT2D eigenvalue weighted by atomic mass is 10.2. The fourth-order valence-electron chi connectivity index (χ4n) is 1.77. The molecule has 0 radical (unpaired) electrons. The highest BCUT2D eigenvalue weighted by Crippen LogP contribution is 2.18. The van der Waals surface area contributed by atoms with Crippen molar-refractivity contribution in [1.29, 1.82) is 0 Å². The molecule has 0 aliphatic carbocycles. The van der Waals surface area contributed by atoms with Crippen LogP contribution in [0, 0.1) is 12.7 Å². The summed E-state index contributed by atoms with van der Waals surface area (Å²) in [5.41, 5.74) is 0.625. The summed E-state index contributed by atoms with van der Waals surface area (Å²) in [7, 11) is 0. The van der Waals surface area contributed by atoms with E-state index in [4.69, 9.17) is 4.74 Å². The lowest BCUT2D eigenvalue weighted by Crippen LogP contribution is -2.35. The molecule has 18 heavy (non-hydrogen) atoms. The molecule has 1 N–H and O–H groups in total. The summed E-state index contributed by atoms with van der Waals surface area (Å²) < 4.78 is 19.1. The van der Waals surface area contributed by atoms with Crippen molar-refractivity contribution in [1.82, 2.24) is 5.32 Å². The van der Waals surface area contributed by atoms with Crippen LogP contribution in [0.4, 0.5) is 4.39 Å². The molecule has 1 rings (SSSR count). The van der Waals surface area contributed by atoms with Crippen LogP contribution < -0.4 is 10.1 Å². The molecule has 0 fully saturated rings. The molecule has 0 bridgehead atoms. The quantitative estimate of drug-likeness (QED) is 0.800. The third-order valence-corrected chi connectivity index (χ3v) is 2.80. The molecule has 0 aliphatic rings. The van der Waals surface area contributed by atoms with Crippen molar-refractivity contribution in [3.05, 3.63) is 29.6 Å².